The summed E-state index contributed by atoms with van der Waals surface area (Å²) in [5.74, 6) is 0.461. The van der Waals surface area contributed by atoms with Crippen LogP contribution in [-0.2, 0) is 0 Å². The molecule has 1 N–H and O–H groups in total. The maximum absolute atomic E-state index is 3.69. The fourth-order valence-electron chi connectivity index (χ4n) is 2.27. The third-order valence-electron chi connectivity index (χ3n) is 3.37. The highest BCUT2D eigenvalue weighted by atomic mass is 79.9. The van der Waals surface area contributed by atoms with Gasteiger partial charge < -0.3 is 5.32 Å². The van der Waals surface area contributed by atoms with E-state index in [0.29, 0.717) is 12.0 Å². The first kappa shape index (κ1) is 14.8. The van der Waals surface area contributed by atoms with E-state index in [1.807, 2.05) is 11.3 Å². The van der Waals surface area contributed by atoms with Crippen molar-refractivity contribution in [3.63, 3.8) is 0 Å². The first-order valence-corrected chi connectivity index (χ1v) is 8.42. The highest BCUT2D eigenvalue weighted by Crippen LogP contribution is 2.37. The van der Waals surface area contributed by atoms with Crippen molar-refractivity contribution in [3.8, 4) is 0 Å². The molecule has 102 valence electrons. The summed E-state index contributed by atoms with van der Waals surface area (Å²) in [7, 11) is 0. The van der Waals surface area contributed by atoms with Crippen LogP contribution >= 0.6 is 27.3 Å². The zero-order valence-electron chi connectivity index (χ0n) is 11.4. The molecule has 2 atom stereocenters. The van der Waals surface area contributed by atoms with Crippen LogP contribution in [0.1, 0.15) is 42.7 Å². The van der Waals surface area contributed by atoms with Crippen LogP contribution in [0, 0.1) is 0 Å². The fraction of sp³-hybridized carbons (Fsp3) is 0.375. The average Bonchev–Trinajstić information content (AvgIpc) is 2.86. The normalized spacial score (nSPS) is 14.3. The largest absolute Gasteiger partial charge is 0.309 e. The van der Waals surface area contributed by atoms with Crippen LogP contribution in [-0.4, -0.2) is 6.54 Å². The van der Waals surface area contributed by atoms with E-state index < -0.39 is 0 Å². The van der Waals surface area contributed by atoms with E-state index in [0.717, 1.165) is 13.0 Å². The number of benzene rings is 1. The summed E-state index contributed by atoms with van der Waals surface area (Å²) in [6.45, 7) is 5.56. The third-order valence-corrected chi connectivity index (χ3v) is 5.32. The molecule has 1 nitrogen and oxygen atoms in total. The highest BCUT2D eigenvalue weighted by molar-refractivity contribution is 9.10. The molecule has 0 bridgehead atoms. The molecular weight excluding hydrogens is 318 g/mol. The zero-order chi connectivity index (χ0) is 13.7. The summed E-state index contributed by atoms with van der Waals surface area (Å²) in [6, 6.07) is 13.2. The molecule has 2 rings (SSSR count). The lowest BCUT2D eigenvalue weighted by molar-refractivity contribution is 0.471. The second-order valence-electron chi connectivity index (χ2n) is 4.76. The summed E-state index contributed by atoms with van der Waals surface area (Å²) >= 11 is 5.49. The Hall–Kier alpha value is -0.640. The predicted molar refractivity (Wildman–Crippen MR) is 87.9 cm³/mol. The van der Waals surface area contributed by atoms with Gasteiger partial charge in [0.2, 0.25) is 0 Å². The Morgan fingerprint density at radius 1 is 1.21 bits per heavy atom. The standard InChI is InChI=1S/C16H20BrNS/c1-3-10-18-15(16-14(17)9-11-19-16)12(2)13-7-5-4-6-8-13/h4-9,11-12,15,18H,3,10H2,1-2H3. The molecule has 19 heavy (non-hydrogen) atoms. The van der Waals surface area contributed by atoms with Crippen molar-refractivity contribution >= 4 is 27.3 Å². The monoisotopic (exact) mass is 337 g/mol. The van der Waals surface area contributed by atoms with Crippen molar-refractivity contribution in [3.05, 3.63) is 56.7 Å². The number of hydrogen-bond acceptors (Lipinski definition) is 2. The number of rotatable bonds is 6. The van der Waals surface area contributed by atoms with Gasteiger partial charge in [-0.15, -0.1) is 11.3 Å². The van der Waals surface area contributed by atoms with E-state index >= 15 is 0 Å². The second-order valence-corrected chi connectivity index (χ2v) is 6.57. The number of thiophene rings is 1. The van der Waals surface area contributed by atoms with Crippen LogP contribution in [0.2, 0.25) is 0 Å². The molecule has 1 heterocycles. The summed E-state index contributed by atoms with van der Waals surface area (Å²) in [6.07, 6.45) is 1.15. The van der Waals surface area contributed by atoms with Gasteiger partial charge >= 0.3 is 0 Å². The van der Waals surface area contributed by atoms with Crippen LogP contribution in [0.5, 0.6) is 0 Å². The van der Waals surface area contributed by atoms with Crippen LogP contribution in [0.25, 0.3) is 0 Å². The lowest BCUT2D eigenvalue weighted by atomic mass is 9.92. The van der Waals surface area contributed by atoms with Gasteiger partial charge in [0, 0.05) is 21.3 Å². The Labute approximate surface area is 128 Å². The first-order valence-electron chi connectivity index (χ1n) is 6.75. The van der Waals surface area contributed by atoms with Crippen LogP contribution in [0.15, 0.2) is 46.3 Å². The molecule has 0 saturated heterocycles. The molecule has 2 aromatic rings. The van der Waals surface area contributed by atoms with Crippen molar-refractivity contribution in [1.82, 2.24) is 5.32 Å². The molecule has 0 spiro atoms. The molecule has 0 amide bonds. The zero-order valence-corrected chi connectivity index (χ0v) is 13.8. The van der Waals surface area contributed by atoms with Crippen molar-refractivity contribution in [1.29, 1.82) is 0 Å². The summed E-state index contributed by atoms with van der Waals surface area (Å²) in [5.41, 5.74) is 1.39. The molecule has 1 aromatic heterocycles. The predicted octanol–water partition coefficient (Wildman–Crippen LogP) is 5.36. The second kappa shape index (κ2) is 7.22. The Morgan fingerprint density at radius 3 is 2.53 bits per heavy atom. The Kier molecular flexibility index (Phi) is 5.61. The molecule has 1 aromatic carbocycles. The van der Waals surface area contributed by atoms with E-state index in [2.05, 4.69) is 76.9 Å². The maximum Gasteiger partial charge on any atom is 0.0493 e. The van der Waals surface area contributed by atoms with Gasteiger partial charge in [0.25, 0.3) is 0 Å². The molecule has 0 aliphatic carbocycles. The maximum atomic E-state index is 3.69. The Balaban J connectivity index is 2.25. The van der Waals surface area contributed by atoms with E-state index in [1.54, 1.807) is 0 Å². The Morgan fingerprint density at radius 2 is 1.95 bits per heavy atom. The molecule has 0 radical (unpaired) electrons. The average molecular weight is 338 g/mol. The fourth-order valence-corrected chi connectivity index (χ4v) is 4.07. The highest BCUT2D eigenvalue weighted by Gasteiger charge is 2.23. The van der Waals surface area contributed by atoms with Gasteiger partial charge in [0.15, 0.2) is 0 Å². The SMILES string of the molecule is CCCNC(c1sccc1Br)C(C)c1ccccc1. The van der Waals surface area contributed by atoms with Gasteiger partial charge in [-0.3, -0.25) is 0 Å². The van der Waals surface area contributed by atoms with Gasteiger partial charge in [0.05, 0.1) is 0 Å². The van der Waals surface area contributed by atoms with Gasteiger partial charge in [-0.1, -0.05) is 44.2 Å². The van der Waals surface area contributed by atoms with Crippen molar-refractivity contribution in [2.24, 2.45) is 0 Å². The van der Waals surface area contributed by atoms with Gasteiger partial charge in [-0.05, 0) is 45.9 Å². The molecule has 0 aliphatic heterocycles. The quantitative estimate of drug-likeness (QED) is 0.748. The van der Waals surface area contributed by atoms with E-state index in [9.17, 15) is 0 Å². The molecule has 0 aliphatic rings. The van der Waals surface area contributed by atoms with Gasteiger partial charge in [0.1, 0.15) is 0 Å². The minimum Gasteiger partial charge on any atom is -0.309 e. The molecule has 0 fully saturated rings. The minimum atomic E-state index is 0.372. The summed E-state index contributed by atoms with van der Waals surface area (Å²) in [5, 5.41) is 5.84. The number of hydrogen-bond donors (Lipinski definition) is 1. The van der Waals surface area contributed by atoms with Crippen molar-refractivity contribution < 1.29 is 0 Å². The van der Waals surface area contributed by atoms with Gasteiger partial charge in [-0.2, -0.15) is 0 Å². The molecule has 0 saturated carbocycles. The Bertz CT molecular complexity index is 494. The molecule has 3 heteroatoms. The molecule has 2 unspecified atom stereocenters. The van der Waals surface area contributed by atoms with E-state index in [1.165, 1.54) is 14.9 Å². The van der Waals surface area contributed by atoms with Crippen molar-refractivity contribution in [2.45, 2.75) is 32.2 Å². The number of nitrogens with one attached hydrogen (secondary N) is 1. The first-order chi connectivity index (χ1) is 9.24. The summed E-state index contributed by atoms with van der Waals surface area (Å²) < 4.78 is 1.22. The van der Waals surface area contributed by atoms with Crippen LogP contribution < -0.4 is 5.32 Å². The smallest absolute Gasteiger partial charge is 0.0493 e. The lowest BCUT2D eigenvalue weighted by Gasteiger charge is -2.25. The topological polar surface area (TPSA) is 12.0 Å². The third kappa shape index (κ3) is 3.68. The van der Waals surface area contributed by atoms with Crippen LogP contribution in [0.3, 0.4) is 0 Å². The van der Waals surface area contributed by atoms with E-state index in [4.69, 9.17) is 0 Å². The van der Waals surface area contributed by atoms with Crippen LogP contribution in [0.4, 0.5) is 0 Å². The molecular formula is C16H20BrNS. The lowest BCUT2D eigenvalue weighted by Crippen LogP contribution is -2.26. The van der Waals surface area contributed by atoms with Gasteiger partial charge in [-0.25, -0.2) is 0 Å². The minimum absolute atomic E-state index is 0.372. The number of halogens is 1. The van der Waals surface area contributed by atoms with E-state index in [-0.39, 0.29) is 0 Å². The van der Waals surface area contributed by atoms with Crippen molar-refractivity contribution in [2.75, 3.05) is 6.54 Å². The summed E-state index contributed by atoms with van der Waals surface area (Å²) in [4.78, 5) is 1.39.